The van der Waals surface area contributed by atoms with Crippen molar-refractivity contribution in [2.24, 2.45) is 0 Å². The van der Waals surface area contributed by atoms with Gasteiger partial charge in [-0.2, -0.15) is 5.54 Å². The summed E-state index contributed by atoms with van der Waals surface area (Å²) in [6.07, 6.45) is 0. The van der Waals surface area contributed by atoms with Crippen LogP contribution in [0.2, 0.25) is 0 Å². The van der Waals surface area contributed by atoms with Gasteiger partial charge in [0.1, 0.15) is 0 Å². The Hall–Kier alpha value is -0.230. The van der Waals surface area contributed by atoms with Gasteiger partial charge in [-0.3, -0.25) is 0 Å². The first-order valence-corrected chi connectivity index (χ1v) is 1.36. The van der Waals surface area contributed by atoms with Crippen molar-refractivity contribution in [2.45, 2.75) is 0 Å². The fourth-order valence-electron chi connectivity index (χ4n) is 0.0423. The lowest BCUT2D eigenvalue weighted by Crippen LogP contribution is -2.05. The Kier molecular flexibility index (Phi) is 38.8. The van der Waals surface area contributed by atoms with Crippen molar-refractivity contribution in [2.75, 3.05) is 13.2 Å². The molecule has 6 N–H and O–H groups in total. The van der Waals surface area contributed by atoms with Crippen LogP contribution in [0.3, 0.4) is 0 Å². The first-order valence-electron chi connectivity index (χ1n) is 1.36. The topological polar surface area (TPSA) is 95.3 Å². The highest BCUT2D eigenvalue weighted by Crippen LogP contribution is 1.49. The summed E-state index contributed by atoms with van der Waals surface area (Å²) in [6.45, 7) is -0.115. The Morgan fingerprint density at radius 3 is 1.86 bits per heavy atom. The predicted octanol–water partition coefficient (Wildman–Crippen LogP) is -2.20. The van der Waals surface area contributed by atoms with Crippen molar-refractivity contribution in [3.05, 3.63) is 0 Å². The summed E-state index contributed by atoms with van der Waals surface area (Å²) in [6, 6.07) is 0. The molecule has 0 fully saturated rings. The summed E-state index contributed by atoms with van der Waals surface area (Å²) in [7, 11) is 0. The van der Waals surface area contributed by atoms with E-state index in [4.69, 9.17) is 5.11 Å². The number of rotatable bonds is 2. The van der Waals surface area contributed by atoms with E-state index in [9.17, 15) is 4.48 Å². The van der Waals surface area contributed by atoms with Crippen molar-refractivity contribution in [1.29, 1.82) is 0 Å². The van der Waals surface area contributed by atoms with E-state index in [1.165, 1.54) is 5.54 Å². The van der Waals surface area contributed by atoms with Crippen LogP contribution in [0.4, 0.5) is 4.48 Å². The SMILES string of the molecule is O.O.OCCNF. The van der Waals surface area contributed by atoms with Crippen molar-refractivity contribution < 1.29 is 20.5 Å². The number of nitrogens with one attached hydrogen (secondary N) is 1. The number of hydrogen-bond donors (Lipinski definition) is 2. The Morgan fingerprint density at radius 1 is 1.43 bits per heavy atom. The van der Waals surface area contributed by atoms with Gasteiger partial charge in [-0.15, -0.1) is 4.48 Å². The maximum Gasteiger partial charge on any atom is 0.0582 e. The first-order chi connectivity index (χ1) is 2.41. The van der Waals surface area contributed by atoms with Crippen LogP contribution in [0, 0.1) is 0 Å². The molecule has 0 atom stereocenters. The number of halogens is 1. The Labute approximate surface area is 40.5 Å². The number of aliphatic hydroxyl groups is 1. The van der Waals surface area contributed by atoms with Gasteiger partial charge in [-0.1, -0.05) is 0 Å². The summed E-state index contributed by atoms with van der Waals surface area (Å²) in [5, 5.41) is 7.76. The first kappa shape index (κ1) is 15.9. The van der Waals surface area contributed by atoms with Gasteiger partial charge in [0.15, 0.2) is 0 Å². The second-order valence-corrected chi connectivity index (χ2v) is 0.607. The predicted molar refractivity (Wildman–Crippen MR) is 23.4 cm³/mol. The zero-order valence-electron chi connectivity index (χ0n) is 3.74. The molecule has 0 saturated carbocycles. The van der Waals surface area contributed by atoms with E-state index in [0.29, 0.717) is 0 Å². The van der Waals surface area contributed by atoms with Crippen LogP contribution >= 0.6 is 0 Å². The van der Waals surface area contributed by atoms with Gasteiger partial charge in [0, 0.05) is 6.54 Å². The van der Waals surface area contributed by atoms with E-state index in [0.717, 1.165) is 0 Å². The molecular weight excluding hydrogens is 105 g/mol. The maximum atomic E-state index is 10.6. The Balaban J connectivity index is -0.0000000800. The minimum absolute atomic E-state index is 0. The smallest absolute Gasteiger partial charge is 0.0582 e. The zero-order chi connectivity index (χ0) is 4.12. The van der Waals surface area contributed by atoms with E-state index in [-0.39, 0.29) is 24.1 Å². The number of aliphatic hydroxyl groups excluding tert-OH is 1. The minimum Gasteiger partial charge on any atom is -0.412 e. The highest BCUT2D eigenvalue weighted by molar-refractivity contribution is 4.21. The lowest BCUT2D eigenvalue weighted by molar-refractivity contribution is 0.239. The molecule has 0 heterocycles. The highest BCUT2D eigenvalue weighted by Gasteiger charge is 1.69. The van der Waals surface area contributed by atoms with Crippen LogP contribution < -0.4 is 5.54 Å². The summed E-state index contributed by atoms with van der Waals surface area (Å²) in [5.41, 5.74) is 1.27. The zero-order valence-corrected chi connectivity index (χ0v) is 3.74. The van der Waals surface area contributed by atoms with Crippen molar-refractivity contribution >= 4 is 0 Å². The molecular formula is C2H10FNO3. The third-order valence-corrected chi connectivity index (χ3v) is 0.206. The van der Waals surface area contributed by atoms with Gasteiger partial charge in [0.2, 0.25) is 0 Å². The van der Waals surface area contributed by atoms with E-state index in [1.807, 2.05) is 0 Å². The van der Waals surface area contributed by atoms with Crippen molar-refractivity contribution in [3.8, 4) is 0 Å². The molecule has 0 radical (unpaired) electrons. The molecule has 5 heteroatoms. The largest absolute Gasteiger partial charge is 0.412 e. The van der Waals surface area contributed by atoms with E-state index in [2.05, 4.69) is 0 Å². The van der Waals surface area contributed by atoms with Crippen LogP contribution in [0.25, 0.3) is 0 Å². The molecule has 7 heavy (non-hydrogen) atoms. The van der Waals surface area contributed by atoms with Crippen LogP contribution in [0.1, 0.15) is 0 Å². The van der Waals surface area contributed by atoms with Gasteiger partial charge < -0.3 is 16.1 Å². The highest BCUT2D eigenvalue weighted by atomic mass is 19.2. The molecule has 48 valence electrons. The molecule has 0 rings (SSSR count). The molecule has 0 aliphatic heterocycles. The Bertz CT molecular complexity index is 20.4. The summed E-state index contributed by atoms with van der Waals surface area (Å²) in [5.74, 6) is 0. The third kappa shape index (κ3) is 26.2. The third-order valence-electron chi connectivity index (χ3n) is 0.206. The fourth-order valence-corrected chi connectivity index (χ4v) is 0.0423. The molecule has 0 aliphatic carbocycles. The molecule has 0 aromatic rings. The van der Waals surface area contributed by atoms with E-state index >= 15 is 0 Å². The van der Waals surface area contributed by atoms with Gasteiger partial charge >= 0.3 is 0 Å². The molecule has 0 aliphatic rings. The quantitative estimate of drug-likeness (QED) is 0.399. The normalized spacial score (nSPS) is 6.00. The monoisotopic (exact) mass is 115 g/mol. The average molecular weight is 115 g/mol. The van der Waals surface area contributed by atoms with Gasteiger partial charge in [0.25, 0.3) is 0 Å². The van der Waals surface area contributed by atoms with Gasteiger partial charge in [-0.25, -0.2) is 0 Å². The van der Waals surface area contributed by atoms with Crippen molar-refractivity contribution in [1.82, 2.24) is 5.54 Å². The molecule has 0 bridgehead atoms. The van der Waals surface area contributed by atoms with Crippen LogP contribution in [-0.2, 0) is 0 Å². The molecule has 0 saturated heterocycles. The average Bonchev–Trinajstić information content (AvgIpc) is 1.41. The molecule has 0 amide bonds. The Morgan fingerprint density at radius 2 is 1.86 bits per heavy atom. The molecule has 0 unspecified atom stereocenters. The fraction of sp³-hybridized carbons (Fsp3) is 1.00. The summed E-state index contributed by atoms with van der Waals surface area (Å²) in [4.78, 5) is 0. The van der Waals surface area contributed by atoms with Gasteiger partial charge in [0.05, 0.1) is 6.61 Å². The van der Waals surface area contributed by atoms with Crippen LogP contribution in [0.5, 0.6) is 0 Å². The summed E-state index contributed by atoms with van der Waals surface area (Å²) >= 11 is 0. The standard InChI is InChI=1S/C2H6FNO.2H2O/c3-4-1-2-5;;/h4-5H,1-2H2;2*1H2. The molecule has 0 spiro atoms. The van der Waals surface area contributed by atoms with E-state index in [1.54, 1.807) is 0 Å². The summed E-state index contributed by atoms with van der Waals surface area (Å²) < 4.78 is 10.6. The lowest BCUT2D eigenvalue weighted by Gasteiger charge is -1.79. The van der Waals surface area contributed by atoms with E-state index < -0.39 is 0 Å². The van der Waals surface area contributed by atoms with Crippen LogP contribution in [-0.4, -0.2) is 29.2 Å². The second-order valence-electron chi connectivity index (χ2n) is 0.607. The molecule has 4 nitrogen and oxygen atoms in total. The molecule has 0 aromatic carbocycles. The lowest BCUT2D eigenvalue weighted by atomic mass is 10.8. The number of hydrogen-bond acceptors (Lipinski definition) is 2. The second kappa shape index (κ2) is 17.1. The molecule has 0 aromatic heterocycles. The van der Waals surface area contributed by atoms with Crippen LogP contribution in [0.15, 0.2) is 0 Å². The maximum absolute atomic E-state index is 10.6. The van der Waals surface area contributed by atoms with Crippen molar-refractivity contribution in [3.63, 3.8) is 0 Å². The van der Waals surface area contributed by atoms with Gasteiger partial charge in [-0.05, 0) is 0 Å². The minimum atomic E-state index is -0.142.